The number of thioether (sulfide) groups is 1. The van der Waals surface area contributed by atoms with Gasteiger partial charge >= 0.3 is 0 Å². The Morgan fingerprint density at radius 2 is 1.36 bits per heavy atom. The van der Waals surface area contributed by atoms with Crippen LogP contribution in [0.3, 0.4) is 0 Å². The van der Waals surface area contributed by atoms with Crippen LogP contribution in [0.1, 0.15) is 36.3 Å². The van der Waals surface area contributed by atoms with E-state index in [1.165, 1.54) is 0 Å². The quantitative estimate of drug-likeness (QED) is 0.251. The van der Waals surface area contributed by atoms with E-state index in [4.69, 9.17) is 28.4 Å². The maximum absolute atomic E-state index is 14.6. The van der Waals surface area contributed by atoms with Gasteiger partial charge in [0, 0.05) is 10.3 Å². The average Bonchev–Trinajstić information content (AvgIpc) is 3.62. The second-order valence-corrected chi connectivity index (χ2v) is 11.6. The Labute approximate surface area is 252 Å². The lowest BCUT2D eigenvalue weighted by atomic mass is 9.64. The fourth-order valence-electron chi connectivity index (χ4n) is 7.26. The third-order valence-corrected chi connectivity index (χ3v) is 9.80. The molecule has 3 aromatic rings. The molecule has 2 aliphatic carbocycles. The summed E-state index contributed by atoms with van der Waals surface area (Å²) in [6.45, 7) is 0. The Morgan fingerprint density at radius 1 is 0.810 bits per heavy atom. The highest BCUT2D eigenvalue weighted by molar-refractivity contribution is 7.98. The molecule has 4 unspecified atom stereocenters. The number of hydrogen-bond donors (Lipinski definition) is 1. The predicted molar refractivity (Wildman–Crippen MR) is 164 cm³/mol. The zero-order valence-corrected chi connectivity index (χ0v) is 26.1. The molecule has 2 aliphatic rings. The number of carbonyl (C=O) groups is 1. The number of hydrogen-bond acceptors (Lipinski definition) is 8. The van der Waals surface area contributed by atoms with E-state index >= 15 is 0 Å². The summed E-state index contributed by atoms with van der Waals surface area (Å²) in [5.74, 6) is 3.12. The van der Waals surface area contributed by atoms with Gasteiger partial charge in [-0.1, -0.05) is 12.1 Å². The van der Waals surface area contributed by atoms with E-state index in [1.807, 2.05) is 54.8 Å². The number of para-hydroxylation sites is 1. The van der Waals surface area contributed by atoms with Crippen LogP contribution in [0.4, 0.5) is 5.69 Å². The monoisotopic (exact) mass is 593 g/mol. The van der Waals surface area contributed by atoms with E-state index in [2.05, 4.69) is 5.32 Å². The number of amides is 1. The number of fused-ring (bicyclic) bond motifs is 2. The Kier molecular flexibility index (Phi) is 8.68. The van der Waals surface area contributed by atoms with Crippen LogP contribution < -0.4 is 33.7 Å². The molecule has 2 saturated carbocycles. The molecule has 0 spiro atoms. The first-order chi connectivity index (χ1) is 20.4. The van der Waals surface area contributed by atoms with Crippen LogP contribution in [0.25, 0.3) is 0 Å². The number of rotatable bonds is 11. The molecule has 1 amide bonds. The largest absolute Gasteiger partial charge is 0.493 e. The molecule has 4 atom stereocenters. The first-order valence-electron chi connectivity index (χ1n) is 13.9. The van der Waals surface area contributed by atoms with Gasteiger partial charge in [-0.25, -0.2) is 0 Å². The van der Waals surface area contributed by atoms with E-state index in [-0.39, 0.29) is 17.7 Å². The lowest BCUT2D eigenvalue weighted by molar-refractivity contribution is -0.122. The highest BCUT2D eigenvalue weighted by atomic mass is 32.2. The molecule has 0 radical (unpaired) electrons. The molecule has 8 nitrogen and oxygen atoms in total. The fourth-order valence-corrected chi connectivity index (χ4v) is 7.81. The molecule has 0 heterocycles. The van der Waals surface area contributed by atoms with Gasteiger partial charge in [0.15, 0.2) is 23.0 Å². The molecule has 0 aromatic heterocycles. The van der Waals surface area contributed by atoms with Crippen LogP contribution in [0, 0.1) is 11.8 Å². The van der Waals surface area contributed by atoms with Crippen molar-refractivity contribution in [2.45, 2.75) is 35.5 Å². The Balaban J connectivity index is 1.69. The van der Waals surface area contributed by atoms with Gasteiger partial charge in [0.25, 0.3) is 0 Å². The first-order valence-corrected chi connectivity index (χ1v) is 15.2. The summed E-state index contributed by atoms with van der Waals surface area (Å²) in [6, 6.07) is 15.9. The molecule has 1 N–H and O–H groups in total. The first kappa shape index (κ1) is 29.8. The van der Waals surface area contributed by atoms with Gasteiger partial charge in [-0.05, 0) is 84.9 Å². The van der Waals surface area contributed by atoms with E-state index in [0.717, 1.165) is 41.0 Å². The molecule has 42 heavy (non-hydrogen) atoms. The lowest BCUT2D eigenvalue weighted by Crippen LogP contribution is -2.42. The Bertz CT molecular complexity index is 1410. The molecule has 9 heteroatoms. The van der Waals surface area contributed by atoms with Gasteiger partial charge in [0.05, 0.1) is 54.3 Å². The van der Waals surface area contributed by atoms with Crippen LogP contribution >= 0.6 is 11.8 Å². The topological polar surface area (TPSA) is 84.5 Å². The van der Waals surface area contributed by atoms with Crippen molar-refractivity contribution in [3.8, 4) is 34.5 Å². The number of methoxy groups -OCH3 is 6. The fraction of sp³-hybridized carbons (Fsp3) is 0.424. The molecular weight excluding hydrogens is 554 g/mol. The standard InChI is InChI=1S/C33H39NO7S/c1-36-23-14-20(15-24(37-2)30(23)40-5)28-19-12-13-33(18-19,21-16-25(38-3)31(41-6)26(17-21)39-4)29(28)32(35)34-22-10-8-9-11-27(22)42-7/h8-11,14-17,19,28-29H,12-13,18H2,1-7H3,(H,34,35). The molecule has 0 saturated heterocycles. The van der Waals surface area contributed by atoms with Gasteiger partial charge < -0.3 is 33.7 Å². The Hall–Kier alpha value is -3.72. The highest BCUT2D eigenvalue weighted by Gasteiger charge is 2.61. The van der Waals surface area contributed by atoms with Crippen LogP contribution in [-0.4, -0.2) is 54.8 Å². The van der Waals surface area contributed by atoms with Crippen LogP contribution in [0.15, 0.2) is 53.4 Å². The van der Waals surface area contributed by atoms with Crippen molar-refractivity contribution in [1.29, 1.82) is 0 Å². The second kappa shape index (κ2) is 12.3. The number of carbonyl (C=O) groups excluding carboxylic acids is 1. The summed E-state index contributed by atoms with van der Waals surface area (Å²) in [4.78, 5) is 15.6. The molecule has 0 aliphatic heterocycles. The molecule has 2 bridgehead atoms. The van der Waals surface area contributed by atoms with Crippen molar-refractivity contribution in [2.24, 2.45) is 11.8 Å². The van der Waals surface area contributed by atoms with Crippen LogP contribution in [0.5, 0.6) is 34.5 Å². The zero-order chi connectivity index (χ0) is 30.0. The van der Waals surface area contributed by atoms with Gasteiger partial charge in [-0.2, -0.15) is 0 Å². The summed E-state index contributed by atoms with van der Waals surface area (Å²) < 4.78 is 34.2. The maximum Gasteiger partial charge on any atom is 0.229 e. The second-order valence-electron chi connectivity index (χ2n) is 10.7. The summed E-state index contributed by atoms with van der Waals surface area (Å²) in [6.07, 6.45) is 4.69. The smallest absolute Gasteiger partial charge is 0.229 e. The van der Waals surface area contributed by atoms with Crippen molar-refractivity contribution >= 4 is 23.4 Å². The molecular formula is C33H39NO7S. The minimum absolute atomic E-state index is 0.0220. The summed E-state index contributed by atoms with van der Waals surface area (Å²) in [5.41, 5.74) is 2.34. The zero-order valence-electron chi connectivity index (χ0n) is 25.2. The van der Waals surface area contributed by atoms with E-state index in [1.54, 1.807) is 54.4 Å². The molecule has 224 valence electrons. The average molecular weight is 594 g/mol. The number of benzene rings is 3. The van der Waals surface area contributed by atoms with Crippen LogP contribution in [0.2, 0.25) is 0 Å². The van der Waals surface area contributed by atoms with Crippen molar-refractivity contribution in [1.82, 2.24) is 0 Å². The van der Waals surface area contributed by atoms with E-state index in [9.17, 15) is 4.79 Å². The van der Waals surface area contributed by atoms with Crippen LogP contribution in [-0.2, 0) is 10.2 Å². The third-order valence-electron chi connectivity index (χ3n) is 9.01. The normalized spacial score (nSPS) is 22.4. The minimum Gasteiger partial charge on any atom is -0.493 e. The minimum atomic E-state index is -0.457. The van der Waals surface area contributed by atoms with Crippen molar-refractivity contribution in [3.63, 3.8) is 0 Å². The SMILES string of the molecule is COc1cc(C2C3CCC(c4cc(OC)c(OC)c(OC)c4)(C3)C2C(=O)Nc2ccccc2SC)cc(OC)c1OC. The third kappa shape index (κ3) is 4.87. The molecule has 3 aromatic carbocycles. The van der Waals surface area contributed by atoms with Gasteiger partial charge in [-0.3, -0.25) is 4.79 Å². The lowest BCUT2D eigenvalue weighted by Gasteiger charge is -2.39. The van der Waals surface area contributed by atoms with Gasteiger partial charge in [0.2, 0.25) is 17.4 Å². The number of ether oxygens (including phenoxy) is 6. The van der Waals surface area contributed by atoms with E-state index in [0.29, 0.717) is 34.5 Å². The van der Waals surface area contributed by atoms with E-state index < -0.39 is 11.3 Å². The summed E-state index contributed by atoms with van der Waals surface area (Å²) in [5, 5.41) is 3.31. The maximum atomic E-state index is 14.6. The predicted octanol–water partition coefficient (Wildman–Crippen LogP) is 6.55. The van der Waals surface area contributed by atoms with Gasteiger partial charge in [0.1, 0.15) is 0 Å². The Morgan fingerprint density at radius 3 is 1.88 bits per heavy atom. The number of anilines is 1. The van der Waals surface area contributed by atoms with Crippen molar-refractivity contribution < 1.29 is 33.2 Å². The van der Waals surface area contributed by atoms with Crippen molar-refractivity contribution in [3.05, 3.63) is 59.7 Å². The highest BCUT2D eigenvalue weighted by Crippen LogP contribution is 2.66. The van der Waals surface area contributed by atoms with Gasteiger partial charge in [-0.15, -0.1) is 11.8 Å². The molecule has 5 rings (SSSR count). The summed E-state index contributed by atoms with van der Waals surface area (Å²) >= 11 is 1.61. The van der Waals surface area contributed by atoms with Crippen molar-refractivity contribution in [2.75, 3.05) is 54.2 Å². The molecule has 2 fully saturated rings. The number of nitrogens with one attached hydrogen (secondary N) is 1. The summed E-state index contributed by atoms with van der Waals surface area (Å²) in [7, 11) is 9.65.